The number of carbonyl (C=O) groups is 2. The standard InChI is InChI=1S/C23H33F3N4O3/c1-16-5-3-4-6-20(16)28-22(32)17(2)30-13-11-29(12-14-30)15-21(31)27-18-7-9-19(10-8-18)33-23(24,25)26/h7-10,16-17,20H,3-6,11-15H2,1-2H3,(H,27,31)(H,28,32). The van der Waals surface area contributed by atoms with E-state index in [1.807, 2.05) is 11.8 Å². The van der Waals surface area contributed by atoms with Crippen molar-refractivity contribution in [3.63, 3.8) is 0 Å². The van der Waals surface area contributed by atoms with E-state index in [1.54, 1.807) is 0 Å². The van der Waals surface area contributed by atoms with Gasteiger partial charge in [-0.1, -0.05) is 19.8 Å². The van der Waals surface area contributed by atoms with E-state index >= 15 is 0 Å². The monoisotopic (exact) mass is 470 g/mol. The van der Waals surface area contributed by atoms with Crippen LogP contribution in [0.1, 0.15) is 39.5 Å². The molecule has 7 nitrogen and oxygen atoms in total. The van der Waals surface area contributed by atoms with Crippen molar-refractivity contribution >= 4 is 17.5 Å². The first-order chi connectivity index (χ1) is 15.6. The van der Waals surface area contributed by atoms with Gasteiger partial charge in [-0.15, -0.1) is 13.2 Å². The second kappa shape index (κ2) is 11.2. The second-order valence-corrected chi connectivity index (χ2v) is 8.99. The van der Waals surface area contributed by atoms with Crippen molar-refractivity contribution in [3.8, 4) is 5.75 Å². The Hall–Kier alpha value is -2.33. The molecule has 2 N–H and O–H groups in total. The van der Waals surface area contributed by atoms with Gasteiger partial charge in [0.25, 0.3) is 0 Å². The Labute approximate surface area is 192 Å². The lowest BCUT2D eigenvalue weighted by atomic mass is 9.86. The zero-order chi connectivity index (χ0) is 24.0. The fraction of sp³-hybridized carbons (Fsp3) is 0.652. The van der Waals surface area contributed by atoms with E-state index in [0.717, 1.165) is 31.4 Å². The number of ether oxygens (including phenoxy) is 1. The molecule has 2 amide bonds. The van der Waals surface area contributed by atoms with Gasteiger partial charge in [0, 0.05) is 37.9 Å². The van der Waals surface area contributed by atoms with Crippen LogP contribution in [0.3, 0.4) is 0 Å². The van der Waals surface area contributed by atoms with Crippen LogP contribution in [0, 0.1) is 5.92 Å². The molecule has 0 bridgehead atoms. The highest BCUT2D eigenvalue weighted by Crippen LogP contribution is 2.25. The third-order valence-corrected chi connectivity index (χ3v) is 6.51. The molecule has 2 fully saturated rings. The molecule has 2 aliphatic rings. The Morgan fingerprint density at radius 2 is 1.73 bits per heavy atom. The summed E-state index contributed by atoms with van der Waals surface area (Å²) in [5.74, 6) is -0.00532. The summed E-state index contributed by atoms with van der Waals surface area (Å²) >= 11 is 0. The van der Waals surface area contributed by atoms with Gasteiger partial charge in [-0.3, -0.25) is 19.4 Å². The van der Waals surface area contributed by atoms with Crippen LogP contribution < -0.4 is 15.4 Å². The number of hydrogen-bond acceptors (Lipinski definition) is 5. The average molecular weight is 471 g/mol. The van der Waals surface area contributed by atoms with Gasteiger partial charge >= 0.3 is 6.36 Å². The Morgan fingerprint density at radius 1 is 1.09 bits per heavy atom. The van der Waals surface area contributed by atoms with Gasteiger partial charge < -0.3 is 15.4 Å². The summed E-state index contributed by atoms with van der Waals surface area (Å²) in [7, 11) is 0. The lowest BCUT2D eigenvalue weighted by molar-refractivity contribution is -0.274. The molecule has 33 heavy (non-hydrogen) atoms. The number of anilines is 1. The van der Waals surface area contributed by atoms with Gasteiger partial charge in [0.1, 0.15) is 5.75 Å². The molecule has 1 heterocycles. The van der Waals surface area contributed by atoms with Gasteiger partial charge in [-0.25, -0.2) is 0 Å². The maximum Gasteiger partial charge on any atom is 0.573 e. The number of hydrogen-bond donors (Lipinski definition) is 2. The molecule has 1 saturated heterocycles. The summed E-state index contributed by atoms with van der Waals surface area (Å²) in [6.07, 6.45) is -0.155. The molecule has 1 aromatic carbocycles. The minimum Gasteiger partial charge on any atom is -0.406 e. The lowest BCUT2D eigenvalue weighted by Gasteiger charge is -2.38. The van der Waals surface area contributed by atoms with Crippen LogP contribution in [0.2, 0.25) is 0 Å². The topological polar surface area (TPSA) is 73.9 Å². The normalized spacial score (nSPS) is 23.5. The second-order valence-electron chi connectivity index (χ2n) is 8.99. The van der Waals surface area contributed by atoms with E-state index in [9.17, 15) is 22.8 Å². The number of alkyl halides is 3. The van der Waals surface area contributed by atoms with Gasteiger partial charge in [0.2, 0.25) is 11.8 Å². The van der Waals surface area contributed by atoms with E-state index in [0.29, 0.717) is 37.8 Å². The Bertz CT molecular complexity index is 795. The smallest absolute Gasteiger partial charge is 0.406 e. The summed E-state index contributed by atoms with van der Waals surface area (Å²) in [5, 5.41) is 5.91. The van der Waals surface area contributed by atoms with Gasteiger partial charge in [-0.2, -0.15) is 0 Å². The highest BCUT2D eigenvalue weighted by molar-refractivity contribution is 5.92. The van der Waals surface area contributed by atoms with E-state index in [1.165, 1.54) is 18.6 Å². The first-order valence-corrected chi connectivity index (χ1v) is 11.5. The molecular weight excluding hydrogens is 437 g/mol. The summed E-state index contributed by atoms with van der Waals surface area (Å²) in [5.41, 5.74) is 0.399. The quantitative estimate of drug-likeness (QED) is 0.640. The molecule has 10 heteroatoms. The number of benzene rings is 1. The number of rotatable bonds is 7. The molecule has 1 aliphatic heterocycles. The van der Waals surface area contributed by atoms with Crippen molar-refractivity contribution in [1.29, 1.82) is 0 Å². The van der Waals surface area contributed by atoms with Crippen LogP contribution in [0.15, 0.2) is 24.3 Å². The minimum atomic E-state index is -4.75. The van der Waals surface area contributed by atoms with Gasteiger partial charge in [-0.05, 0) is 49.9 Å². The number of nitrogens with one attached hydrogen (secondary N) is 2. The van der Waals surface area contributed by atoms with Crippen LogP contribution in [0.4, 0.5) is 18.9 Å². The first kappa shape index (κ1) is 25.3. The molecule has 184 valence electrons. The maximum absolute atomic E-state index is 12.7. The molecule has 1 saturated carbocycles. The zero-order valence-electron chi connectivity index (χ0n) is 19.2. The van der Waals surface area contributed by atoms with Crippen molar-refractivity contribution in [2.24, 2.45) is 5.92 Å². The average Bonchev–Trinajstić information content (AvgIpc) is 2.75. The highest BCUT2D eigenvalue weighted by Gasteiger charge is 2.31. The van der Waals surface area contributed by atoms with Crippen LogP contribution in [0.5, 0.6) is 5.75 Å². The zero-order valence-corrected chi connectivity index (χ0v) is 19.2. The van der Waals surface area contributed by atoms with Crippen molar-refractivity contribution in [2.75, 3.05) is 38.0 Å². The molecule has 0 spiro atoms. The summed E-state index contributed by atoms with van der Waals surface area (Å²) < 4.78 is 40.5. The molecule has 3 rings (SSSR count). The van der Waals surface area contributed by atoms with Crippen molar-refractivity contribution in [1.82, 2.24) is 15.1 Å². The Balaban J connectivity index is 1.39. The third kappa shape index (κ3) is 7.89. The van der Waals surface area contributed by atoms with Gasteiger partial charge in [0.05, 0.1) is 12.6 Å². The molecule has 1 aromatic rings. The predicted octanol–water partition coefficient (Wildman–Crippen LogP) is 3.22. The largest absolute Gasteiger partial charge is 0.573 e. The molecule has 1 aliphatic carbocycles. The fourth-order valence-electron chi connectivity index (χ4n) is 4.45. The van der Waals surface area contributed by atoms with Crippen LogP contribution in [0.25, 0.3) is 0 Å². The molecule has 3 atom stereocenters. The summed E-state index contributed by atoms with van der Waals surface area (Å²) in [6, 6.07) is 5.08. The van der Waals surface area contributed by atoms with Crippen molar-refractivity contribution in [3.05, 3.63) is 24.3 Å². The Morgan fingerprint density at radius 3 is 2.33 bits per heavy atom. The summed E-state index contributed by atoms with van der Waals surface area (Å²) in [4.78, 5) is 29.2. The van der Waals surface area contributed by atoms with Crippen LogP contribution in [-0.2, 0) is 9.59 Å². The molecule has 3 unspecified atom stereocenters. The number of nitrogens with zero attached hydrogens (tertiary/aromatic N) is 2. The fourth-order valence-corrected chi connectivity index (χ4v) is 4.45. The van der Waals surface area contributed by atoms with Crippen molar-refractivity contribution in [2.45, 2.75) is 58.0 Å². The third-order valence-electron chi connectivity index (χ3n) is 6.51. The maximum atomic E-state index is 12.7. The minimum absolute atomic E-state index is 0.0675. The van der Waals surface area contributed by atoms with Crippen molar-refractivity contribution < 1.29 is 27.5 Å². The predicted molar refractivity (Wildman–Crippen MR) is 119 cm³/mol. The van der Waals surface area contributed by atoms with Crippen LogP contribution >= 0.6 is 0 Å². The molecular formula is C23H33F3N4O3. The van der Waals surface area contributed by atoms with E-state index in [4.69, 9.17) is 0 Å². The molecule has 0 aromatic heterocycles. The SMILES string of the molecule is CC1CCCCC1NC(=O)C(C)N1CCN(CC(=O)Nc2ccc(OC(F)(F)F)cc2)CC1. The van der Waals surface area contributed by atoms with E-state index in [-0.39, 0.29) is 36.2 Å². The highest BCUT2D eigenvalue weighted by atomic mass is 19.4. The number of amides is 2. The number of carbonyl (C=O) groups excluding carboxylic acids is 2. The van der Waals surface area contributed by atoms with Gasteiger partial charge in [0.15, 0.2) is 0 Å². The van der Waals surface area contributed by atoms with E-state index < -0.39 is 6.36 Å². The summed E-state index contributed by atoms with van der Waals surface area (Å²) in [6.45, 7) is 6.99. The first-order valence-electron chi connectivity index (χ1n) is 11.5. The molecule has 0 radical (unpaired) electrons. The van der Waals surface area contributed by atoms with E-state index in [2.05, 4.69) is 27.2 Å². The lowest BCUT2D eigenvalue weighted by Crippen LogP contribution is -2.56. The van der Waals surface area contributed by atoms with Crippen LogP contribution in [-0.4, -0.2) is 72.8 Å². The number of piperazine rings is 1. The Kier molecular flexibility index (Phi) is 8.58. The number of halogens is 3.